The summed E-state index contributed by atoms with van der Waals surface area (Å²) >= 11 is 3.43. The summed E-state index contributed by atoms with van der Waals surface area (Å²) in [4.78, 5) is 13.0. The van der Waals surface area contributed by atoms with E-state index in [1.165, 1.54) is 12.1 Å². The second-order valence-corrected chi connectivity index (χ2v) is 9.07. The van der Waals surface area contributed by atoms with Gasteiger partial charge in [-0.25, -0.2) is 9.79 Å². The number of guanidine groups is 1. The van der Waals surface area contributed by atoms with Crippen molar-refractivity contribution in [3.8, 4) is 5.75 Å². The van der Waals surface area contributed by atoms with Gasteiger partial charge in [-0.15, -0.1) is 0 Å². The number of aliphatic imine (C=N–C) groups is 1. The van der Waals surface area contributed by atoms with Gasteiger partial charge >= 0.3 is 12.1 Å². The molecule has 5 N–H and O–H groups in total. The SMILES string of the molecule is Cc1ccc(S(=O)(=O)OCCCOc2ccc(CN=C(N)N)cc2Br)cc1.O=C(O)C(F)(F)F. The van der Waals surface area contributed by atoms with Crippen molar-refractivity contribution >= 4 is 38.0 Å². The van der Waals surface area contributed by atoms with Gasteiger partial charge in [0.15, 0.2) is 5.96 Å². The molecule has 0 heterocycles. The molecule has 0 saturated heterocycles. The third kappa shape index (κ3) is 10.9. The molecule has 0 radical (unpaired) electrons. The topological polar surface area (TPSA) is 154 Å². The number of alkyl halides is 3. The van der Waals surface area contributed by atoms with Gasteiger partial charge < -0.3 is 21.3 Å². The Morgan fingerprint density at radius 2 is 1.71 bits per heavy atom. The molecule has 0 bridgehead atoms. The number of nitrogens with two attached hydrogens (primary N) is 2. The van der Waals surface area contributed by atoms with Crippen molar-refractivity contribution in [3.63, 3.8) is 0 Å². The number of carbonyl (C=O) groups is 1. The van der Waals surface area contributed by atoms with E-state index in [2.05, 4.69) is 20.9 Å². The Morgan fingerprint density at radius 1 is 1.12 bits per heavy atom. The maximum absolute atomic E-state index is 12.1. The zero-order valence-corrected chi connectivity index (χ0v) is 20.3. The zero-order chi connectivity index (χ0) is 25.9. The molecular weight excluding hydrogens is 547 g/mol. The number of aliphatic carboxylic acids is 1. The average molecular weight is 570 g/mol. The third-order valence-electron chi connectivity index (χ3n) is 3.78. The minimum absolute atomic E-state index is 0.0343. The Balaban J connectivity index is 0.000000718. The van der Waals surface area contributed by atoms with Crippen LogP contribution in [0, 0.1) is 6.92 Å². The number of hydrogen-bond acceptors (Lipinski definition) is 6. The number of nitrogens with zero attached hydrogens (tertiary/aromatic N) is 1. The van der Waals surface area contributed by atoms with Crippen LogP contribution in [0.4, 0.5) is 13.2 Å². The predicted molar refractivity (Wildman–Crippen MR) is 122 cm³/mol. The summed E-state index contributed by atoms with van der Waals surface area (Å²) in [7, 11) is -3.75. The molecule has 2 aromatic carbocycles. The highest BCUT2D eigenvalue weighted by atomic mass is 79.9. The lowest BCUT2D eigenvalue weighted by atomic mass is 10.2. The molecule has 2 aromatic rings. The number of carboxylic acids is 1. The molecule has 9 nitrogen and oxygen atoms in total. The van der Waals surface area contributed by atoms with E-state index >= 15 is 0 Å². The summed E-state index contributed by atoms with van der Waals surface area (Å²) in [6, 6.07) is 12.0. The molecule has 0 aliphatic rings. The number of halogens is 4. The van der Waals surface area contributed by atoms with E-state index in [0.29, 0.717) is 25.3 Å². The van der Waals surface area contributed by atoms with Crippen molar-refractivity contribution in [1.82, 2.24) is 0 Å². The van der Waals surface area contributed by atoms with Crippen molar-refractivity contribution < 1.29 is 40.4 Å². The summed E-state index contributed by atoms with van der Waals surface area (Å²) in [5, 5.41) is 7.12. The van der Waals surface area contributed by atoms with Gasteiger partial charge in [0.1, 0.15) is 5.75 Å². The summed E-state index contributed by atoms with van der Waals surface area (Å²) in [5.74, 6) is -2.08. The van der Waals surface area contributed by atoms with Crippen LogP contribution in [0.5, 0.6) is 5.75 Å². The van der Waals surface area contributed by atoms with Crippen molar-refractivity contribution in [2.45, 2.75) is 31.0 Å². The summed E-state index contributed by atoms with van der Waals surface area (Å²) in [5.41, 5.74) is 12.5. The second-order valence-electron chi connectivity index (χ2n) is 6.60. The Morgan fingerprint density at radius 3 is 2.21 bits per heavy atom. The van der Waals surface area contributed by atoms with E-state index in [-0.39, 0.29) is 17.5 Å². The number of aryl methyl sites for hydroxylation is 1. The lowest BCUT2D eigenvalue weighted by Crippen LogP contribution is -2.22. The Labute approximate surface area is 202 Å². The molecule has 0 spiro atoms. The molecule has 2 rings (SSSR count). The average Bonchev–Trinajstić information content (AvgIpc) is 2.73. The second kappa shape index (κ2) is 13.2. The first-order valence-electron chi connectivity index (χ1n) is 9.45. The van der Waals surface area contributed by atoms with Crippen LogP contribution in [0.3, 0.4) is 0 Å². The first kappa shape index (κ1) is 29.2. The molecule has 0 aliphatic carbocycles. The van der Waals surface area contributed by atoms with Gasteiger partial charge in [0.05, 0.1) is 29.1 Å². The first-order chi connectivity index (χ1) is 15.7. The molecule has 188 valence electrons. The number of hydrogen-bond donors (Lipinski definition) is 3. The molecular formula is C20H23BrF3N3O6S. The largest absolute Gasteiger partial charge is 0.492 e. The van der Waals surface area contributed by atoms with Crippen LogP contribution >= 0.6 is 15.9 Å². The highest BCUT2D eigenvalue weighted by Crippen LogP contribution is 2.26. The number of benzene rings is 2. The smallest absolute Gasteiger partial charge is 0.490 e. The van der Waals surface area contributed by atoms with Gasteiger partial charge in [0.2, 0.25) is 0 Å². The molecule has 14 heteroatoms. The fraction of sp³-hybridized carbons (Fsp3) is 0.300. The van der Waals surface area contributed by atoms with Crippen LogP contribution in [0.15, 0.2) is 56.8 Å². The fourth-order valence-corrected chi connectivity index (χ4v) is 3.61. The van der Waals surface area contributed by atoms with E-state index in [1.807, 2.05) is 19.1 Å². The Kier molecular flexibility index (Phi) is 11.3. The molecule has 0 atom stereocenters. The molecule has 0 unspecified atom stereocenters. The molecule has 0 fully saturated rings. The monoisotopic (exact) mass is 569 g/mol. The van der Waals surface area contributed by atoms with Crippen molar-refractivity contribution in [3.05, 3.63) is 58.1 Å². The van der Waals surface area contributed by atoms with Gasteiger partial charge in [-0.3, -0.25) is 4.18 Å². The molecule has 0 aliphatic heterocycles. The highest BCUT2D eigenvalue weighted by Gasteiger charge is 2.38. The minimum Gasteiger partial charge on any atom is -0.492 e. The Bertz CT molecular complexity index is 1090. The standard InChI is InChI=1S/C18H22BrN3O4S.C2HF3O2/c1-13-3-6-15(7-4-13)27(23,24)26-10-2-9-25-17-8-5-14(11-16(17)19)12-22-18(20)21;3-2(4,5)1(6)7/h3-8,11H,2,9-10,12H2,1H3,(H4,20,21,22);(H,6,7). The van der Waals surface area contributed by atoms with E-state index in [0.717, 1.165) is 15.6 Å². The maximum atomic E-state index is 12.1. The lowest BCUT2D eigenvalue weighted by Gasteiger charge is -2.10. The number of ether oxygens (including phenoxy) is 1. The summed E-state index contributed by atoms with van der Waals surface area (Å²) < 4.78 is 67.3. The first-order valence-corrected chi connectivity index (χ1v) is 11.7. The molecule has 0 amide bonds. The Hall–Kier alpha value is -2.84. The van der Waals surface area contributed by atoms with Crippen molar-refractivity contribution in [2.75, 3.05) is 13.2 Å². The lowest BCUT2D eigenvalue weighted by molar-refractivity contribution is -0.192. The van der Waals surface area contributed by atoms with Crippen molar-refractivity contribution in [1.29, 1.82) is 0 Å². The predicted octanol–water partition coefficient (Wildman–Crippen LogP) is 3.34. The third-order valence-corrected chi connectivity index (χ3v) is 5.72. The van der Waals surface area contributed by atoms with Crippen LogP contribution in [0.25, 0.3) is 0 Å². The highest BCUT2D eigenvalue weighted by molar-refractivity contribution is 9.10. The van der Waals surface area contributed by atoms with Crippen molar-refractivity contribution in [2.24, 2.45) is 16.5 Å². The van der Waals surface area contributed by atoms with Crippen LogP contribution in [0.1, 0.15) is 17.5 Å². The van der Waals surface area contributed by atoms with E-state index in [9.17, 15) is 21.6 Å². The normalized spacial score (nSPS) is 11.2. The molecule has 0 saturated carbocycles. The van der Waals surface area contributed by atoms with Crippen LogP contribution in [-0.4, -0.2) is 44.8 Å². The molecule has 34 heavy (non-hydrogen) atoms. The van der Waals surface area contributed by atoms with Crippen LogP contribution in [0.2, 0.25) is 0 Å². The van der Waals surface area contributed by atoms with E-state index in [1.54, 1.807) is 18.2 Å². The van der Waals surface area contributed by atoms with E-state index < -0.39 is 22.3 Å². The fourth-order valence-electron chi connectivity index (χ4n) is 2.12. The van der Waals surface area contributed by atoms with Gasteiger partial charge in [-0.2, -0.15) is 21.6 Å². The van der Waals surface area contributed by atoms with Crippen LogP contribution in [-0.2, 0) is 25.6 Å². The number of carboxylic acid groups (broad SMARTS) is 1. The number of rotatable bonds is 9. The van der Waals surface area contributed by atoms with Gasteiger partial charge in [0, 0.05) is 6.42 Å². The van der Waals surface area contributed by atoms with E-state index in [4.69, 9.17) is 30.3 Å². The minimum atomic E-state index is -5.08. The summed E-state index contributed by atoms with van der Waals surface area (Å²) in [6.45, 7) is 2.62. The van der Waals surface area contributed by atoms with Gasteiger partial charge in [-0.05, 0) is 52.7 Å². The summed E-state index contributed by atoms with van der Waals surface area (Å²) in [6.07, 6.45) is -4.66. The van der Waals surface area contributed by atoms with Gasteiger partial charge in [-0.1, -0.05) is 23.8 Å². The molecule has 0 aromatic heterocycles. The zero-order valence-electron chi connectivity index (χ0n) is 17.9. The van der Waals surface area contributed by atoms with Gasteiger partial charge in [0.25, 0.3) is 10.1 Å². The maximum Gasteiger partial charge on any atom is 0.490 e. The van der Waals surface area contributed by atoms with Crippen LogP contribution < -0.4 is 16.2 Å². The quantitative estimate of drug-likeness (QED) is 0.180.